The van der Waals surface area contributed by atoms with Crippen molar-refractivity contribution in [2.24, 2.45) is 5.73 Å². The molecule has 0 aliphatic heterocycles. The van der Waals surface area contributed by atoms with Gasteiger partial charge in [-0.25, -0.2) is 4.39 Å². The van der Waals surface area contributed by atoms with Crippen LogP contribution in [0.5, 0.6) is 5.75 Å². The lowest BCUT2D eigenvalue weighted by atomic mass is 10.1. The van der Waals surface area contributed by atoms with Crippen LogP contribution >= 0.6 is 0 Å². The van der Waals surface area contributed by atoms with Crippen molar-refractivity contribution in [2.75, 3.05) is 0 Å². The van der Waals surface area contributed by atoms with Crippen LogP contribution in [0.15, 0.2) is 42.5 Å². The summed E-state index contributed by atoms with van der Waals surface area (Å²) in [6.45, 7) is 2.65. The van der Waals surface area contributed by atoms with E-state index in [0.717, 1.165) is 11.1 Å². The standard InChI is InChI=1S/C15H16FNO/c1-11-5-6-14(8-15(11)16)18-10-13-4-2-3-12(7-13)9-17/h2-8H,9-10,17H2,1H3. The van der Waals surface area contributed by atoms with Gasteiger partial charge in [0.05, 0.1) is 0 Å². The third-order valence-electron chi connectivity index (χ3n) is 2.78. The van der Waals surface area contributed by atoms with Crippen LogP contribution in [0.1, 0.15) is 16.7 Å². The fourth-order valence-electron chi connectivity index (χ4n) is 1.68. The summed E-state index contributed by atoms with van der Waals surface area (Å²) in [5, 5.41) is 0. The van der Waals surface area contributed by atoms with Gasteiger partial charge in [0.25, 0.3) is 0 Å². The van der Waals surface area contributed by atoms with Crippen LogP contribution in [-0.2, 0) is 13.2 Å². The first-order valence-electron chi connectivity index (χ1n) is 5.86. The Morgan fingerprint density at radius 2 is 1.89 bits per heavy atom. The summed E-state index contributed by atoms with van der Waals surface area (Å²) in [6, 6.07) is 12.7. The molecule has 0 bridgehead atoms. The predicted octanol–water partition coefficient (Wildman–Crippen LogP) is 3.17. The smallest absolute Gasteiger partial charge is 0.129 e. The number of halogens is 1. The molecule has 0 aliphatic carbocycles. The largest absolute Gasteiger partial charge is 0.489 e. The van der Waals surface area contributed by atoms with E-state index in [1.165, 1.54) is 6.07 Å². The van der Waals surface area contributed by atoms with Gasteiger partial charge in [0.15, 0.2) is 0 Å². The van der Waals surface area contributed by atoms with E-state index in [2.05, 4.69) is 0 Å². The van der Waals surface area contributed by atoms with Gasteiger partial charge in [-0.1, -0.05) is 30.3 Å². The van der Waals surface area contributed by atoms with E-state index in [1.54, 1.807) is 19.1 Å². The average molecular weight is 245 g/mol. The van der Waals surface area contributed by atoms with Gasteiger partial charge in [0.1, 0.15) is 18.2 Å². The van der Waals surface area contributed by atoms with Crippen molar-refractivity contribution >= 4 is 0 Å². The minimum absolute atomic E-state index is 0.247. The highest BCUT2D eigenvalue weighted by atomic mass is 19.1. The van der Waals surface area contributed by atoms with Crippen LogP contribution < -0.4 is 10.5 Å². The van der Waals surface area contributed by atoms with E-state index < -0.39 is 0 Å². The molecular weight excluding hydrogens is 229 g/mol. The summed E-state index contributed by atoms with van der Waals surface area (Å²) in [5.74, 6) is 0.291. The SMILES string of the molecule is Cc1ccc(OCc2cccc(CN)c2)cc1F. The molecule has 0 heterocycles. The summed E-state index contributed by atoms with van der Waals surface area (Å²) < 4.78 is 18.9. The maximum Gasteiger partial charge on any atom is 0.129 e. The average Bonchev–Trinajstić information content (AvgIpc) is 2.40. The molecule has 2 N–H and O–H groups in total. The first kappa shape index (κ1) is 12.6. The maximum atomic E-state index is 13.3. The van der Waals surface area contributed by atoms with E-state index in [-0.39, 0.29) is 5.82 Å². The zero-order valence-electron chi connectivity index (χ0n) is 10.3. The van der Waals surface area contributed by atoms with E-state index in [0.29, 0.717) is 24.5 Å². The highest BCUT2D eigenvalue weighted by molar-refractivity contribution is 5.29. The number of rotatable bonds is 4. The second-order valence-electron chi connectivity index (χ2n) is 4.22. The lowest BCUT2D eigenvalue weighted by Gasteiger charge is -2.08. The van der Waals surface area contributed by atoms with Crippen molar-refractivity contribution in [1.29, 1.82) is 0 Å². The normalized spacial score (nSPS) is 10.4. The third kappa shape index (κ3) is 3.08. The molecule has 0 saturated carbocycles. The van der Waals surface area contributed by atoms with Gasteiger partial charge in [-0.15, -0.1) is 0 Å². The number of ether oxygens (including phenoxy) is 1. The molecule has 3 heteroatoms. The second-order valence-corrected chi connectivity index (χ2v) is 4.22. The van der Waals surface area contributed by atoms with Crippen LogP contribution in [0.4, 0.5) is 4.39 Å². The molecule has 0 atom stereocenters. The Labute approximate surface area is 106 Å². The Hall–Kier alpha value is -1.87. The number of aryl methyl sites for hydroxylation is 1. The maximum absolute atomic E-state index is 13.3. The van der Waals surface area contributed by atoms with Gasteiger partial charge in [-0.05, 0) is 29.7 Å². The molecule has 2 nitrogen and oxygen atoms in total. The fourth-order valence-corrected chi connectivity index (χ4v) is 1.68. The quantitative estimate of drug-likeness (QED) is 0.898. The molecule has 2 rings (SSSR count). The van der Waals surface area contributed by atoms with Crippen molar-refractivity contribution in [3.05, 3.63) is 65.0 Å². The molecule has 0 saturated heterocycles. The third-order valence-corrected chi connectivity index (χ3v) is 2.78. The molecular formula is C15H16FNO. The minimum atomic E-state index is -0.247. The van der Waals surface area contributed by atoms with Gasteiger partial charge in [-0.3, -0.25) is 0 Å². The first-order chi connectivity index (χ1) is 8.69. The summed E-state index contributed by atoms with van der Waals surface area (Å²) in [5.41, 5.74) is 8.28. The second kappa shape index (κ2) is 5.65. The zero-order valence-corrected chi connectivity index (χ0v) is 10.3. The van der Waals surface area contributed by atoms with Gasteiger partial charge in [-0.2, -0.15) is 0 Å². The van der Waals surface area contributed by atoms with Crippen molar-refractivity contribution in [2.45, 2.75) is 20.1 Å². The van der Waals surface area contributed by atoms with E-state index in [9.17, 15) is 4.39 Å². The summed E-state index contributed by atoms with van der Waals surface area (Å²) >= 11 is 0. The zero-order chi connectivity index (χ0) is 13.0. The van der Waals surface area contributed by atoms with Crippen LogP contribution in [0, 0.1) is 12.7 Å². The van der Waals surface area contributed by atoms with E-state index >= 15 is 0 Å². The summed E-state index contributed by atoms with van der Waals surface area (Å²) in [4.78, 5) is 0. The van der Waals surface area contributed by atoms with Gasteiger partial charge < -0.3 is 10.5 Å². The van der Waals surface area contributed by atoms with E-state index in [1.807, 2.05) is 24.3 Å². The van der Waals surface area contributed by atoms with Crippen LogP contribution in [0.25, 0.3) is 0 Å². The minimum Gasteiger partial charge on any atom is -0.489 e. The van der Waals surface area contributed by atoms with E-state index in [4.69, 9.17) is 10.5 Å². The van der Waals surface area contributed by atoms with Crippen molar-refractivity contribution in [3.8, 4) is 5.75 Å². The molecule has 0 aromatic heterocycles. The molecule has 94 valence electrons. The Morgan fingerprint density at radius 1 is 1.11 bits per heavy atom. The van der Waals surface area contributed by atoms with Crippen molar-refractivity contribution in [1.82, 2.24) is 0 Å². The van der Waals surface area contributed by atoms with Gasteiger partial charge >= 0.3 is 0 Å². The highest BCUT2D eigenvalue weighted by Crippen LogP contribution is 2.17. The van der Waals surface area contributed by atoms with Gasteiger partial charge in [0, 0.05) is 12.6 Å². The lowest BCUT2D eigenvalue weighted by Crippen LogP contribution is -2.00. The summed E-state index contributed by atoms with van der Waals surface area (Å²) in [6.07, 6.45) is 0. The Morgan fingerprint density at radius 3 is 2.61 bits per heavy atom. The molecule has 0 amide bonds. The Bertz CT molecular complexity index is 540. The molecule has 0 fully saturated rings. The predicted molar refractivity (Wildman–Crippen MR) is 69.8 cm³/mol. The first-order valence-corrected chi connectivity index (χ1v) is 5.86. The van der Waals surface area contributed by atoms with Crippen molar-refractivity contribution in [3.63, 3.8) is 0 Å². The topological polar surface area (TPSA) is 35.2 Å². The van der Waals surface area contributed by atoms with Crippen LogP contribution in [0.3, 0.4) is 0 Å². The molecule has 2 aromatic rings. The number of hydrogen-bond donors (Lipinski definition) is 1. The van der Waals surface area contributed by atoms with Crippen LogP contribution in [0.2, 0.25) is 0 Å². The van der Waals surface area contributed by atoms with Crippen molar-refractivity contribution < 1.29 is 9.13 Å². The highest BCUT2D eigenvalue weighted by Gasteiger charge is 2.01. The Balaban J connectivity index is 2.04. The van der Waals surface area contributed by atoms with Crippen LogP contribution in [-0.4, -0.2) is 0 Å². The molecule has 0 unspecified atom stereocenters. The Kier molecular flexibility index (Phi) is 3.95. The lowest BCUT2D eigenvalue weighted by molar-refractivity contribution is 0.304. The van der Waals surface area contributed by atoms with Gasteiger partial charge in [0.2, 0.25) is 0 Å². The fraction of sp³-hybridized carbons (Fsp3) is 0.200. The summed E-state index contributed by atoms with van der Waals surface area (Å²) in [7, 11) is 0. The number of hydrogen-bond acceptors (Lipinski definition) is 2. The molecule has 0 aliphatic rings. The molecule has 2 aromatic carbocycles. The monoisotopic (exact) mass is 245 g/mol. The molecule has 0 spiro atoms. The number of nitrogens with two attached hydrogens (primary N) is 1. The molecule has 18 heavy (non-hydrogen) atoms. The molecule has 0 radical (unpaired) electrons. The number of benzene rings is 2.